The van der Waals surface area contributed by atoms with Gasteiger partial charge in [-0.25, -0.2) is 4.79 Å². The van der Waals surface area contributed by atoms with E-state index in [4.69, 9.17) is 0 Å². The zero-order valence-electron chi connectivity index (χ0n) is 31.0. The molecule has 4 nitrogen and oxygen atoms in total. The summed E-state index contributed by atoms with van der Waals surface area (Å²) in [7, 11) is 6.66. The standard InChI is InChI=1S/C39H81N3O.BrH/c1-6-8-10-12-14-16-18-20-22-24-26-28-30-32-36-41(39(43)40-35-34-38-42(3,4)5)37-33-31-29-27-25-23-21-19-17-15-13-11-9-7-2;/h6-38H2,1-5H3;1H. The lowest BCUT2D eigenvalue weighted by Crippen LogP contribution is -3.00. The molecule has 0 aromatic carbocycles. The van der Waals surface area contributed by atoms with Gasteiger partial charge in [0, 0.05) is 26.1 Å². The third-order valence-electron chi connectivity index (χ3n) is 9.13. The molecule has 0 aliphatic carbocycles. The third-order valence-corrected chi connectivity index (χ3v) is 9.13. The van der Waals surface area contributed by atoms with Gasteiger partial charge in [0.25, 0.3) is 0 Å². The van der Waals surface area contributed by atoms with E-state index in [1.165, 1.54) is 167 Å². The average molecular weight is 689 g/mol. The van der Waals surface area contributed by atoms with Crippen molar-refractivity contribution < 1.29 is 26.3 Å². The molecule has 266 valence electrons. The van der Waals surface area contributed by atoms with Crippen molar-refractivity contribution in [3.63, 3.8) is 0 Å². The van der Waals surface area contributed by atoms with E-state index >= 15 is 0 Å². The van der Waals surface area contributed by atoms with E-state index in [2.05, 4.69) is 45.2 Å². The highest BCUT2D eigenvalue weighted by molar-refractivity contribution is 5.74. The Morgan fingerprint density at radius 2 is 0.727 bits per heavy atom. The summed E-state index contributed by atoms with van der Waals surface area (Å²) < 4.78 is 0.956. The molecule has 0 saturated heterocycles. The van der Waals surface area contributed by atoms with Crippen LogP contribution in [0.1, 0.15) is 200 Å². The van der Waals surface area contributed by atoms with Crippen LogP contribution in [-0.4, -0.2) is 62.7 Å². The Morgan fingerprint density at radius 1 is 0.455 bits per heavy atom. The van der Waals surface area contributed by atoms with Gasteiger partial charge >= 0.3 is 6.03 Å². The summed E-state index contributed by atoms with van der Waals surface area (Å²) in [5.74, 6) is 0. The van der Waals surface area contributed by atoms with Crippen molar-refractivity contribution in [2.45, 2.75) is 200 Å². The van der Waals surface area contributed by atoms with Gasteiger partial charge in [0.2, 0.25) is 0 Å². The van der Waals surface area contributed by atoms with Crippen LogP contribution < -0.4 is 22.3 Å². The molecule has 0 fully saturated rings. The Balaban J connectivity index is 0. The van der Waals surface area contributed by atoms with E-state index in [9.17, 15) is 4.79 Å². The van der Waals surface area contributed by atoms with Crippen LogP contribution >= 0.6 is 0 Å². The van der Waals surface area contributed by atoms with E-state index in [-0.39, 0.29) is 23.0 Å². The normalized spacial score (nSPS) is 11.5. The number of hydrogen-bond acceptors (Lipinski definition) is 1. The number of hydrogen-bond donors (Lipinski definition) is 1. The monoisotopic (exact) mass is 688 g/mol. The van der Waals surface area contributed by atoms with Gasteiger partial charge in [-0.1, -0.05) is 181 Å². The molecule has 0 saturated carbocycles. The molecule has 0 spiro atoms. The fourth-order valence-electron chi connectivity index (χ4n) is 6.17. The predicted octanol–water partition coefficient (Wildman–Crippen LogP) is 9.06. The molecule has 0 aromatic heterocycles. The van der Waals surface area contributed by atoms with Crippen LogP contribution in [0.5, 0.6) is 0 Å². The third kappa shape index (κ3) is 36.2. The lowest BCUT2D eigenvalue weighted by atomic mass is 10.0. The lowest BCUT2D eigenvalue weighted by Gasteiger charge is -2.25. The lowest BCUT2D eigenvalue weighted by molar-refractivity contribution is -0.870. The summed E-state index contributed by atoms with van der Waals surface area (Å²) in [6, 6.07) is 0.172. The van der Waals surface area contributed by atoms with Crippen LogP contribution in [0.25, 0.3) is 0 Å². The van der Waals surface area contributed by atoms with Gasteiger partial charge in [-0.05, 0) is 12.8 Å². The average Bonchev–Trinajstić information content (AvgIpc) is 2.98. The van der Waals surface area contributed by atoms with Gasteiger partial charge in [0.05, 0.1) is 27.7 Å². The number of nitrogens with one attached hydrogen (secondary N) is 1. The molecule has 0 aliphatic heterocycles. The van der Waals surface area contributed by atoms with Crippen molar-refractivity contribution >= 4 is 6.03 Å². The number of unbranched alkanes of at least 4 members (excludes halogenated alkanes) is 26. The number of carbonyl (C=O) groups is 1. The van der Waals surface area contributed by atoms with Crippen LogP contribution in [0.4, 0.5) is 4.79 Å². The van der Waals surface area contributed by atoms with Crippen LogP contribution in [0, 0.1) is 0 Å². The van der Waals surface area contributed by atoms with Crippen molar-refractivity contribution in [3.8, 4) is 0 Å². The Hall–Kier alpha value is -0.290. The van der Waals surface area contributed by atoms with Crippen LogP contribution in [0.3, 0.4) is 0 Å². The molecule has 0 aromatic rings. The first kappa shape index (κ1) is 45.8. The van der Waals surface area contributed by atoms with Crippen molar-refractivity contribution in [1.29, 1.82) is 0 Å². The highest BCUT2D eigenvalue weighted by Gasteiger charge is 2.13. The number of urea groups is 1. The number of amides is 2. The second-order valence-corrected chi connectivity index (χ2v) is 14.8. The highest BCUT2D eigenvalue weighted by Crippen LogP contribution is 2.15. The van der Waals surface area contributed by atoms with Crippen LogP contribution in [0.2, 0.25) is 0 Å². The van der Waals surface area contributed by atoms with Gasteiger partial charge in [0.15, 0.2) is 0 Å². The SMILES string of the molecule is CCCCCCCCCCCCCCCCN(CCCCCCCCCCCCCCCC)C(=O)NCCC[N+](C)(C)C.[Br-]. The fourth-order valence-corrected chi connectivity index (χ4v) is 6.17. The maximum atomic E-state index is 13.0. The summed E-state index contributed by atoms with van der Waals surface area (Å²) in [5.41, 5.74) is 0. The molecule has 2 amide bonds. The highest BCUT2D eigenvalue weighted by atomic mass is 79.9. The molecule has 44 heavy (non-hydrogen) atoms. The summed E-state index contributed by atoms with van der Waals surface area (Å²) in [4.78, 5) is 15.1. The zero-order valence-corrected chi connectivity index (χ0v) is 32.6. The number of nitrogens with zero attached hydrogens (tertiary/aromatic N) is 2. The molecular weight excluding hydrogens is 606 g/mol. The quantitative estimate of drug-likeness (QED) is 0.0531. The molecule has 5 heteroatoms. The van der Waals surface area contributed by atoms with Gasteiger partial charge < -0.3 is 31.7 Å². The Kier molecular flexibility index (Phi) is 37.0. The predicted molar refractivity (Wildman–Crippen MR) is 193 cm³/mol. The van der Waals surface area contributed by atoms with E-state index in [0.29, 0.717) is 0 Å². The molecule has 0 unspecified atom stereocenters. The van der Waals surface area contributed by atoms with E-state index in [1.54, 1.807) is 0 Å². The number of carbonyl (C=O) groups excluding carboxylic acids is 1. The molecule has 1 N–H and O–H groups in total. The second kappa shape index (κ2) is 35.6. The molecule has 0 heterocycles. The largest absolute Gasteiger partial charge is 1.00 e. The molecule has 0 rings (SSSR count). The van der Waals surface area contributed by atoms with E-state index < -0.39 is 0 Å². The zero-order chi connectivity index (χ0) is 31.7. The Bertz CT molecular complexity index is 534. The maximum absolute atomic E-state index is 13.0. The minimum absolute atomic E-state index is 0. The minimum Gasteiger partial charge on any atom is -1.00 e. The Labute approximate surface area is 289 Å². The Morgan fingerprint density at radius 3 is 1.00 bits per heavy atom. The molecule has 0 atom stereocenters. The topological polar surface area (TPSA) is 32.3 Å². The summed E-state index contributed by atoms with van der Waals surface area (Å²) >= 11 is 0. The van der Waals surface area contributed by atoms with E-state index in [1.807, 2.05) is 0 Å². The second-order valence-electron chi connectivity index (χ2n) is 14.8. The van der Waals surface area contributed by atoms with Gasteiger partial charge in [-0.15, -0.1) is 0 Å². The minimum atomic E-state index is 0. The van der Waals surface area contributed by atoms with Crippen molar-refractivity contribution in [2.24, 2.45) is 0 Å². The van der Waals surface area contributed by atoms with Crippen molar-refractivity contribution in [2.75, 3.05) is 47.3 Å². The van der Waals surface area contributed by atoms with Gasteiger partial charge in [-0.2, -0.15) is 0 Å². The van der Waals surface area contributed by atoms with Crippen LogP contribution in [-0.2, 0) is 0 Å². The maximum Gasteiger partial charge on any atom is 0.317 e. The van der Waals surface area contributed by atoms with Gasteiger partial charge in [0.1, 0.15) is 0 Å². The number of halogens is 1. The van der Waals surface area contributed by atoms with Crippen molar-refractivity contribution in [3.05, 3.63) is 0 Å². The first-order valence-electron chi connectivity index (χ1n) is 19.7. The van der Waals surface area contributed by atoms with Crippen LogP contribution in [0.15, 0.2) is 0 Å². The van der Waals surface area contributed by atoms with Crippen molar-refractivity contribution in [1.82, 2.24) is 10.2 Å². The molecular formula is C39H82BrN3O. The molecule has 0 bridgehead atoms. The summed E-state index contributed by atoms with van der Waals surface area (Å²) in [5, 5.41) is 3.23. The smallest absolute Gasteiger partial charge is 0.317 e. The van der Waals surface area contributed by atoms with E-state index in [0.717, 1.165) is 49.9 Å². The molecule has 0 radical (unpaired) electrons. The first-order chi connectivity index (χ1) is 20.9. The van der Waals surface area contributed by atoms with Gasteiger partial charge in [-0.3, -0.25) is 0 Å². The fraction of sp³-hybridized carbons (Fsp3) is 0.974. The number of quaternary nitrogens is 1. The molecule has 0 aliphatic rings. The summed E-state index contributed by atoms with van der Waals surface area (Å²) in [6.07, 6.45) is 39.7. The first-order valence-corrected chi connectivity index (χ1v) is 19.7. The number of rotatable bonds is 34. The summed E-state index contributed by atoms with van der Waals surface area (Å²) in [6.45, 7) is 8.34.